The summed E-state index contributed by atoms with van der Waals surface area (Å²) in [6, 6.07) is 8.52. The molecule has 0 saturated carbocycles. The molecule has 18 heavy (non-hydrogen) atoms. The third-order valence-electron chi connectivity index (χ3n) is 3.05. The molecule has 0 bridgehead atoms. The minimum atomic E-state index is 0.316. The number of hydrogen-bond donors (Lipinski definition) is 1. The smallest absolute Gasteiger partial charge is 0.123 e. The molecule has 1 aromatic carbocycles. The molecule has 102 valence electrons. The van der Waals surface area contributed by atoms with Crippen LogP contribution in [-0.2, 0) is 4.74 Å². The quantitative estimate of drug-likeness (QED) is 0.770. The highest BCUT2D eigenvalue weighted by Crippen LogP contribution is 2.29. The second kappa shape index (κ2) is 8.11. The lowest BCUT2D eigenvalue weighted by atomic mass is 9.95. The van der Waals surface area contributed by atoms with Crippen LogP contribution >= 0.6 is 0 Å². The van der Waals surface area contributed by atoms with Crippen LogP contribution in [0.3, 0.4) is 0 Å². The largest absolute Gasteiger partial charge is 0.496 e. The average Bonchev–Trinajstić information content (AvgIpc) is 2.38. The van der Waals surface area contributed by atoms with E-state index in [4.69, 9.17) is 9.47 Å². The highest BCUT2D eigenvalue weighted by atomic mass is 16.5. The fourth-order valence-electron chi connectivity index (χ4n) is 2.28. The molecular formula is C15H25NO2. The number of ether oxygens (including phenoxy) is 2. The molecule has 1 aromatic rings. The highest BCUT2D eigenvalue weighted by Gasteiger charge is 2.17. The first-order valence-corrected chi connectivity index (χ1v) is 6.58. The summed E-state index contributed by atoms with van der Waals surface area (Å²) in [6.45, 7) is 6.08. The van der Waals surface area contributed by atoms with E-state index in [2.05, 4.69) is 31.3 Å². The van der Waals surface area contributed by atoms with Crippen LogP contribution < -0.4 is 10.1 Å². The van der Waals surface area contributed by atoms with E-state index in [1.54, 1.807) is 14.2 Å². The van der Waals surface area contributed by atoms with E-state index >= 15 is 0 Å². The molecule has 0 aromatic heterocycles. The molecule has 0 aliphatic carbocycles. The summed E-state index contributed by atoms with van der Waals surface area (Å²) in [5, 5.41) is 3.53. The van der Waals surface area contributed by atoms with E-state index in [9.17, 15) is 0 Å². The predicted molar refractivity (Wildman–Crippen MR) is 75.1 cm³/mol. The molecular weight excluding hydrogens is 226 g/mol. The zero-order valence-corrected chi connectivity index (χ0v) is 11.9. The Kier molecular flexibility index (Phi) is 6.76. The second-order valence-electron chi connectivity index (χ2n) is 4.65. The van der Waals surface area contributed by atoms with Crippen molar-refractivity contribution < 1.29 is 9.47 Å². The lowest BCUT2D eigenvalue weighted by molar-refractivity contribution is 0.149. The summed E-state index contributed by atoms with van der Waals surface area (Å²) < 4.78 is 10.7. The van der Waals surface area contributed by atoms with Crippen molar-refractivity contribution in [3.8, 4) is 5.75 Å². The molecule has 1 N–H and O–H groups in total. The van der Waals surface area contributed by atoms with Crippen LogP contribution in [0.15, 0.2) is 24.3 Å². The van der Waals surface area contributed by atoms with Crippen molar-refractivity contribution in [2.24, 2.45) is 5.92 Å². The normalized spacial score (nSPS) is 14.2. The van der Waals surface area contributed by atoms with Crippen LogP contribution in [-0.4, -0.2) is 27.4 Å². The Labute approximate surface area is 110 Å². The Morgan fingerprint density at radius 3 is 2.56 bits per heavy atom. The van der Waals surface area contributed by atoms with Crippen molar-refractivity contribution in [2.45, 2.75) is 26.3 Å². The first-order chi connectivity index (χ1) is 8.72. The van der Waals surface area contributed by atoms with E-state index in [0.717, 1.165) is 25.3 Å². The second-order valence-corrected chi connectivity index (χ2v) is 4.65. The Hall–Kier alpha value is -1.06. The standard InChI is InChI=1S/C15H25NO2/c1-5-16-14(10-12(2)11-17-3)13-8-6-7-9-15(13)18-4/h6-9,12,14,16H,5,10-11H2,1-4H3. The van der Waals surface area contributed by atoms with Gasteiger partial charge in [-0.05, 0) is 24.9 Å². The zero-order valence-electron chi connectivity index (χ0n) is 11.9. The molecule has 3 nitrogen and oxygen atoms in total. The number of nitrogens with one attached hydrogen (secondary N) is 1. The van der Waals surface area contributed by atoms with Gasteiger partial charge < -0.3 is 14.8 Å². The zero-order chi connectivity index (χ0) is 13.4. The summed E-state index contributed by atoms with van der Waals surface area (Å²) in [4.78, 5) is 0. The van der Waals surface area contributed by atoms with Gasteiger partial charge in [0, 0.05) is 25.3 Å². The lowest BCUT2D eigenvalue weighted by Gasteiger charge is -2.23. The monoisotopic (exact) mass is 251 g/mol. The highest BCUT2D eigenvalue weighted by molar-refractivity contribution is 5.35. The van der Waals surface area contributed by atoms with Crippen molar-refractivity contribution in [1.29, 1.82) is 0 Å². The minimum absolute atomic E-state index is 0.316. The SMILES string of the molecule is CCNC(CC(C)COC)c1ccccc1OC. The molecule has 2 atom stereocenters. The predicted octanol–water partition coefficient (Wildman–Crippen LogP) is 3.02. The van der Waals surface area contributed by atoms with Crippen LogP contribution in [0.1, 0.15) is 31.9 Å². The van der Waals surface area contributed by atoms with E-state index in [1.165, 1.54) is 5.56 Å². The Bertz CT molecular complexity index is 341. The number of hydrogen-bond acceptors (Lipinski definition) is 3. The van der Waals surface area contributed by atoms with Gasteiger partial charge in [0.15, 0.2) is 0 Å². The molecule has 1 rings (SSSR count). The topological polar surface area (TPSA) is 30.5 Å². The molecule has 0 heterocycles. The van der Waals surface area contributed by atoms with Crippen molar-refractivity contribution in [1.82, 2.24) is 5.32 Å². The maximum atomic E-state index is 5.44. The van der Waals surface area contributed by atoms with Gasteiger partial charge in [-0.25, -0.2) is 0 Å². The Morgan fingerprint density at radius 2 is 1.94 bits per heavy atom. The lowest BCUT2D eigenvalue weighted by Crippen LogP contribution is -2.24. The summed E-state index contributed by atoms with van der Waals surface area (Å²) >= 11 is 0. The van der Waals surface area contributed by atoms with Crippen molar-refractivity contribution in [2.75, 3.05) is 27.4 Å². The van der Waals surface area contributed by atoms with Crippen molar-refractivity contribution >= 4 is 0 Å². The number of rotatable bonds is 8. The Morgan fingerprint density at radius 1 is 1.22 bits per heavy atom. The van der Waals surface area contributed by atoms with E-state index in [-0.39, 0.29) is 0 Å². The van der Waals surface area contributed by atoms with Crippen LogP contribution in [0.5, 0.6) is 5.75 Å². The Balaban J connectivity index is 2.82. The maximum absolute atomic E-state index is 5.44. The molecule has 0 fully saturated rings. The van der Waals surface area contributed by atoms with E-state index < -0.39 is 0 Å². The maximum Gasteiger partial charge on any atom is 0.123 e. The molecule has 0 radical (unpaired) electrons. The van der Waals surface area contributed by atoms with Gasteiger partial charge in [0.05, 0.1) is 7.11 Å². The fraction of sp³-hybridized carbons (Fsp3) is 0.600. The fourth-order valence-corrected chi connectivity index (χ4v) is 2.28. The first-order valence-electron chi connectivity index (χ1n) is 6.58. The van der Waals surface area contributed by atoms with Gasteiger partial charge in [-0.1, -0.05) is 32.0 Å². The number of methoxy groups -OCH3 is 2. The van der Waals surface area contributed by atoms with Gasteiger partial charge in [-0.15, -0.1) is 0 Å². The molecule has 0 aliphatic heterocycles. The van der Waals surface area contributed by atoms with E-state index in [1.807, 2.05) is 12.1 Å². The molecule has 0 spiro atoms. The summed E-state index contributed by atoms with van der Waals surface area (Å²) in [6.07, 6.45) is 1.04. The summed E-state index contributed by atoms with van der Waals surface area (Å²) in [5.74, 6) is 1.47. The van der Waals surface area contributed by atoms with Crippen LogP contribution in [0.25, 0.3) is 0 Å². The first kappa shape index (κ1) is 15.0. The van der Waals surface area contributed by atoms with Crippen LogP contribution in [0.4, 0.5) is 0 Å². The summed E-state index contributed by atoms with van der Waals surface area (Å²) in [5.41, 5.74) is 1.23. The van der Waals surface area contributed by atoms with E-state index in [0.29, 0.717) is 12.0 Å². The minimum Gasteiger partial charge on any atom is -0.496 e. The average molecular weight is 251 g/mol. The molecule has 0 saturated heterocycles. The van der Waals surface area contributed by atoms with Gasteiger partial charge in [0.25, 0.3) is 0 Å². The van der Waals surface area contributed by atoms with Gasteiger partial charge >= 0.3 is 0 Å². The third-order valence-corrected chi connectivity index (χ3v) is 3.05. The molecule has 3 heteroatoms. The summed E-state index contributed by atoms with van der Waals surface area (Å²) in [7, 11) is 3.47. The van der Waals surface area contributed by atoms with Crippen LogP contribution in [0.2, 0.25) is 0 Å². The van der Waals surface area contributed by atoms with Gasteiger partial charge in [-0.2, -0.15) is 0 Å². The van der Waals surface area contributed by atoms with Gasteiger partial charge in [-0.3, -0.25) is 0 Å². The number of benzene rings is 1. The molecule has 2 unspecified atom stereocenters. The molecule has 0 aliphatic rings. The van der Waals surface area contributed by atoms with Crippen LogP contribution in [0, 0.1) is 5.92 Å². The van der Waals surface area contributed by atoms with Crippen molar-refractivity contribution in [3.05, 3.63) is 29.8 Å². The molecule has 0 amide bonds. The van der Waals surface area contributed by atoms with Crippen molar-refractivity contribution in [3.63, 3.8) is 0 Å². The van der Waals surface area contributed by atoms with Gasteiger partial charge in [0.2, 0.25) is 0 Å². The van der Waals surface area contributed by atoms with Gasteiger partial charge in [0.1, 0.15) is 5.75 Å². The third kappa shape index (κ3) is 4.31. The number of para-hydroxylation sites is 1.